The second-order valence-electron chi connectivity index (χ2n) is 8.30. The molecule has 13 heteroatoms. The lowest BCUT2D eigenvalue weighted by molar-refractivity contribution is -0.177. The molecule has 0 spiro atoms. The number of nitrogens with zero attached hydrogens (tertiary/aromatic N) is 2. The number of rotatable bonds is 10. The first-order chi connectivity index (χ1) is 16.4. The molecule has 0 aromatic heterocycles. The Hall–Kier alpha value is -3.64. The van der Waals surface area contributed by atoms with E-state index >= 15 is 0 Å². The van der Waals surface area contributed by atoms with Gasteiger partial charge in [0.1, 0.15) is 17.9 Å². The molecule has 3 atom stereocenters. The third-order valence-electron chi connectivity index (χ3n) is 5.68. The molecule has 3 amide bonds. The van der Waals surface area contributed by atoms with Gasteiger partial charge in [0.2, 0.25) is 5.91 Å². The first-order valence-corrected chi connectivity index (χ1v) is 11.0. The highest BCUT2D eigenvalue weighted by Crippen LogP contribution is 2.30. The number of amides is 3. The van der Waals surface area contributed by atoms with E-state index < -0.39 is 41.5 Å². The smallest absolute Gasteiger partial charge is 0.370 e. The van der Waals surface area contributed by atoms with E-state index in [1.54, 1.807) is 11.4 Å². The Morgan fingerprint density at radius 3 is 2.46 bits per heavy atom. The lowest BCUT2D eigenvalue weighted by Crippen LogP contribution is -2.60. The van der Waals surface area contributed by atoms with E-state index in [0.717, 1.165) is 4.90 Å². The van der Waals surface area contributed by atoms with E-state index in [2.05, 4.69) is 10.3 Å². The van der Waals surface area contributed by atoms with Gasteiger partial charge in [0, 0.05) is 13.1 Å². The minimum atomic E-state index is -5.21. The first kappa shape index (κ1) is 27.6. The van der Waals surface area contributed by atoms with E-state index in [1.165, 1.54) is 31.2 Å². The van der Waals surface area contributed by atoms with E-state index in [1.807, 2.05) is 0 Å². The van der Waals surface area contributed by atoms with Crippen LogP contribution in [0, 0.1) is 0 Å². The third kappa shape index (κ3) is 7.17. The van der Waals surface area contributed by atoms with Gasteiger partial charge in [-0.25, -0.2) is 0 Å². The van der Waals surface area contributed by atoms with Crippen LogP contribution in [0.1, 0.15) is 38.2 Å². The molecule has 0 radical (unpaired) electrons. The van der Waals surface area contributed by atoms with E-state index in [0.29, 0.717) is 19.1 Å². The molecule has 0 saturated carbocycles. The first-order valence-electron chi connectivity index (χ1n) is 11.0. The quantitative estimate of drug-likeness (QED) is 0.157. The van der Waals surface area contributed by atoms with Crippen molar-refractivity contribution in [2.45, 2.75) is 56.4 Å². The Bertz CT molecular complexity index is 952. The van der Waals surface area contributed by atoms with Crippen LogP contribution < -0.4 is 22.1 Å². The van der Waals surface area contributed by atoms with Gasteiger partial charge in [-0.1, -0.05) is 30.3 Å². The number of hydrogen-bond acceptors (Lipinski definition) is 5. The molecular weight excluding hydrogens is 469 g/mol. The zero-order valence-corrected chi connectivity index (χ0v) is 19.2. The highest BCUT2D eigenvalue weighted by Gasteiger charge is 2.49. The Kier molecular flexibility index (Phi) is 9.20. The molecule has 1 saturated heterocycles. The third-order valence-corrected chi connectivity index (χ3v) is 5.68. The van der Waals surface area contributed by atoms with Crippen LogP contribution in [0.4, 0.5) is 13.2 Å². The zero-order valence-electron chi connectivity index (χ0n) is 19.2. The molecule has 1 aromatic rings. The van der Waals surface area contributed by atoms with Crippen LogP contribution in [0.5, 0.6) is 0 Å². The Balaban J connectivity index is 2.22. The molecule has 1 heterocycles. The molecule has 0 aliphatic carbocycles. The number of carbonyl (C=O) groups excluding carboxylic acids is 4. The number of halogens is 3. The van der Waals surface area contributed by atoms with Crippen molar-refractivity contribution in [1.82, 2.24) is 15.5 Å². The summed E-state index contributed by atoms with van der Waals surface area (Å²) in [6.45, 7) is 1.52. The Morgan fingerprint density at radius 1 is 1.23 bits per heavy atom. The number of benzene rings is 1. The zero-order chi connectivity index (χ0) is 26.2. The number of likely N-dealkylation sites (tertiary alicyclic amines) is 1. The van der Waals surface area contributed by atoms with Gasteiger partial charge >= 0.3 is 12.1 Å². The Morgan fingerprint density at radius 2 is 1.89 bits per heavy atom. The van der Waals surface area contributed by atoms with Crippen LogP contribution in [-0.2, 0) is 24.7 Å². The van der Waals surface area contributed by atoms with Gasteiger partial charge in [-0.3, -0.25) is 19.4 Å². The summed E-state index contributed by atoms with van der Waals surface area (Å²) in [7, 11) is 0. The monoisotopic (exact) mass is 498 g/mol. The molecule has 1 aromatic carbocycles. The fraction of sp³-hybridized carbons (Fsp3) is 0.500. The van der Waals surface area contributed by atoms with E-state index in [-0.39, 0.29) is 37.5 Å². The number of nitrogens with one attached hydrogen (secondary N) is 2. The van der Waals surface area contributed by atoms with Crippen molar-refractivity contribution < 1.29 is 32.3 Å². The maximum Gasteiger partial charge on any atom is 0.471 e. The molecule has 1 aliphatic rings. The van der Waals surface area contributed by atoms with Crippen LogP contribution in [0.15, 0.2) is 35.3 Å². The molecule has 0 unspecified atom stereocenters. The largest absolute Gasteiger partial charge is 0.471 e. The van der Waals surface area contributed by atoms with Crippen molar-refractivity contribution in [3.8, 4) is 0 Å². The van der Waals surface area contributed by atoms with Crippen LogP contribution in [0.3, 0.4) is 0 Å². The van der Waals surface area contributed by atoms with Gasteiger partial charge in [0.25, 0.3) is 5.91 Å². The minimum absolute atomic E-state index is 0.0947. The topological polar surface area (TPSA) is 160 Å². The summed E-state index contributed by atoms with van der Waals surface area (Å²) in [6.07, 6.45) is -3.35. The SMILES string of the molecule is C[C@](NC(=O)C(F)(F)F)(C(=O)N1CCC[C@H]1C(=O)N[C@H](C=O)CCCN=C(N)N)c1ccccc1. The number of alkyl halides is 3. The van der Waals surface area contributed by atoms with E-state index in [4.69, 9.17) is 11.5 Å². The second-order valence-corrected chi connectivity index (χ2v) is 8.30. The molecular formula is C22H29F3N6O4. The van der Waals surface area contributed by atoms with Crippen LogP contribution in [0.25, 0.3) is 0 Å². The number of aldehydes is 1. The highest BCUT2D eigenvalue weighted by atomic mass is 19.4. The van der Waals surface area contributed by atoms with Crippen LogP contribution >= 0.6 is 0 Å². The predicted molar refractivity (Wildman–Crippen MR) is 121 cm³/mol. The van der Waals surface area contributed by atoms with Crippen molar-refractivity contribution in [3.05, 3.63) is 35.9 Å². The van der Waals surface area contributed by atoms with Gasteiger partial charge in [-0.2, -0.15) is 13.2 Å². The average Bonchev–Trinajstić information content (AvgIpc) is 3.30. The highest BCUT2D eigenvalue weighted by molar-refractivity contribution is 5.97. The van der Waals surface area contributed by atoms with Gasteiger partial charge in [-0.15, -0.1) is 0 Å². The molecule has 35 heavy (non-hydrogen) atoms. The summed E-state index contributed by atoms with van der Waals surface area (Å²) in [5, 5.41) is 4.36. The summed E-state index contributed by atoms with van der Waals surface area (Å²) in [5.74, 6) is -3.86. The number of carbonyl (C=O) groups is 4. The summed E-state index contributed by atoms with van der Waals surface area (Å²) >= 11 is 0. The van der Waals surface area contributed by atoms with E-state index in [9.17, 15) is 32.3 Å². The summed E-state index contributed by atoms with van der Waals surface area (Å²) in [4.78, 5) is 54.6. The van der Waals surface area contributed by atoms with Crippen molar-refractivity contribution in [2.75, 3.05) is 13.1 Å². The van der Waals surface area contributed by atoms with Gasteiger partial charge in [0.05, 0.1) is 6.04 Å². The maximum absolute atomic E-state index is 13.5. The van der Waals surface area contributed by atoms with Crippen molar-refractivity contribution in [1.29, 1.82) is 0 Å². The lowest BCUT2D eigenvalue weighted by Gasteiger charge is -2.36. The minimum Gasteiger partial charge on any atom is -0.370 e. The van der Waals surface area contributed by atoms with Gasteiger partial charge < -0.3 is 31.8 Å². The van der Waals surface area contributed by atoms with Crippen molar-refractivity contribution in [2.24, 2.45) is 16.5 Å². The predicted octanol–water partition coefficient (Wildman–Crippen LogP) is 0.309. The molecule has 2 rings (SSSR count). The molecule has 192 valence electrons. The molecule has 10 nitrogen and oxygen atoms in total. The molecule has 1 fully saturated rings. The standard InChI is InChI=1S/C22H29F3N6O4/c1-21(14-7-3-2-4-8-14,30-18(34)22(23,24)25)19(35)31-12-6-10-16(31)17(33)29-15(13-32)9-5-11-28-20(26)27/h2-4,7-8,13,15-16H,5-6,9-12H2,1H3,(H,29,33)(H,30,34)(H4,26,27,28)/t15-,16-,21+/m0/s1. The summed E-state index contributed by atoms with van der Waals surface area (Å²) in [5.41, 5.74) is 8.53. The van der Waals surface area contributed by atoms with Crippen LogP contribution in [-0.4, -0.2) is 66.2 Å². The molecule has 0 bridgehead atoms. The maximum atomic E-state index is 13.5. The molecule has 1 aliphatic heterocycles. The van der Waals surface area contributed by atoms with Crippen molar-refractivity contribution >= 4 is 30.0 Å². The summed E-state index contributed by atoms with van der Waals surface area (Å²) < 4.78 is 39.1. The molecule has 6 N–H and O–H groups in total. The van der Waals surface area contributed by atoms with Crippen molar-refractivity contribution in [3.63, 3.8) is 0 Å². The van der Waals surface area contributed by atoms with Crippen LogP contribution in [0.2, 0.25) is 0 Å². The lowest BCUT2D eigenvalue weighted by atomic mass is 9.89. The summed E-state index contributed by atoms with van der Waals surface area (Å²) in [6, 6.07) is 5.60. The van der Waals surface area contributed by atoms with Gasteiger partial charge in [0.15, 0.2) is 5.96 Å². The number of nitrogens with two attached hydrogens (primary N) is 2. The second kappa shape index (κ2) is 11.7. The van der Waals surface area contributed by atoms with Gasteiger partial charge in [-0.05, 0) is 38.2 Å². The fourth-order valence-corrected chi connectivity index (χ4v) is 3.86. The normalized spacial score (nSPS) is 18.2. The number of aliphatic imine (C=N–C) groups is 1. The Labute approximate surface area is 200 Å². The fourth-order valence-electron chi connectivity index (χ4n) is 3.86. The number of hydrogen-bond donors (Lipinski definition) is 4. The average molecular weight is 499 g/mol. The number of guanidine groups is 1.